The lowest BCUT2D eigenvalue weighted by Gasteiger charge is -2.26. The van der Waals surface area contributed by atoms with Gasteiger partial charge in [0.1, 0.15) is 0 Å². The van der Waals surface area contributed by atoms with Crippen LogP contribution < -0.4 is 5.73 Å². The number of halogens is 1. The highest BCUT2D eigenvalue weighted by Gasteiger charge is 2.24. The zero-order valence-electron chi connectivity index (χ0n) is 11.2. The van der Waals surface area contributed by atoms with Crippen LogP contribution in [0.5, 0.6) is 0 Å². The van der Waals surface area contributed by atoms with Gasteiger partial charge in [-0.25, -0.2) is 0 Å². The molecule has 0 aliphatic heterocycles. The Labute approximate surface area is 126 Å². The van der Waals surface area contributed by atoms with E-state index in [0.29, 0.717) is 0 Å². The van der Waals surface area contributed by atoms with E-state index < -0.39 is 5.54 Å². The molecule has 3 aromatic rings. The summed E-state index contributed by atoms with van der Waals surface area (Å²) in [4.78, 5) is 4.50. The molecule has 2 nitrogen and oxygen atoms in total. The first-order valence-corrected chi connectivity index (χ1v) is 7.27. The largest absolute Gasteiger partial charge is 0.318 e. The van der Waals surface area contributed by atoms with Gasteiger partial charge in [-0.2, -0.15) is 0 Å². The van der Waals surface area contributed by atoms with Gasteiger partial charge in [-0.05, 0) is 42.3 Å². The minimum Gasteiger partial charge on any atom is -0.318 e. The molecule has 2 N–H and O–H groups in total. The third-order valence-electron chi connectivity index (χ3n) is 3.61. The molecule has 2 aromatic carbocycles. The van der Waals surface area contributed by atoms with Crippen LogP contribution in [0.15, 0.2) is 65.3 Å². The van der Waals surface area contributed by atoms with E-state index in [1.807, 2.05) is 49.5 Å². The average molecular weight is 327 g/mol. The van der Waals surface area contributed by atoms with Crippen LogP contribution in [0.4, 0.5) is 0 Å². The Morgan fingerprint density at radius 1 is 1.00 bits per heavy atom. The first kappa shape index (κ1) is 13.3. The number of fused-ring (bicyclic) bond motifs is 1. The predicted molar refractivity (Wildman–Crippen MR) is 86.5 cm³/mol. The van der Waals surface area contributed by atoms with E-state index in [1.54, 1.807) is 0 Å². The molecule has 20 heavy (non-hydrogen) atoms. The first-order valence-electron chi connectivity index (χ1n) is 6.47. The number of nitrogens with zero attached hydrogens (tertiary/aromatic N) is 1. The normalized spacial score (nSPS) is 14.2. The molecule has 0 spiro atoms. The second kappa shape index (κ2) is 5.00. The number of benzene rings is 2. The van der Waals surface area contributed by atoms with Crippen molar-refractivity contribution in [3.05, 3.63) is 76.4 Å². The minimum absolute atomic E-state index is 0.569. The number of nitrogens with two attached hydrogens (primary N) is 1. The van der Waals surface area contributed by atoms with Crippen molar-refractivity contribution in [2.45, 2.75) is 12.5 Å². The van der Waals surface area contributed by atoms with Crippen molar-refractivity contribution >= 4 is 26.8 Å². The molecule has 1 aromatic heterocycles. The quantitative estimate of drug-likeness (QED) is 0.765. The molecule has 0 aliphatic rings. The van der Waals surface area contributed by atoms with Gasteiger partial charge in [0, 0.05) is 16.1 Å². The van der Waals surface area contributed by atoms with Gasteiger partial charge in [-0.3, -0.25) is 4.98 Å². The van der Waals surface area contributed by atoms with Gasteiger partial charge in [0.25, 0.3) is 0 Å². The van der Waals surface area contributed by atoms with Crippen LogP contribution in [0.3, 0.4) is 0 Å². The Morgan fingerprint density at radius 2 is 1.80 bits per heavy atom. The summed E-state index contributed by atoms with van der Waals surface area (Å²) in [5.74, 6) is 0. The second-order valence-electron chi connectivity index (χ2n) is 5.13. The summed E-state index contributed by atoms with van der Waals surface area (Å²) >= 11 is 3.50. The average Bonchev–Trinajstić information content (AvgIpc) is 2.46. The molecule has 1 unspecified atom stereocenters. The van der Waals surface area contributed by atoms with Crippen LogP contribution in [0.1, 0.15) is 18.1 Å². The third kappa shape index (κ3) is 2.35. The SMILES string of the molecule is CC(N)(c1cccc(Br)c1)c1cnc2ccccc2c1. The maximum atomic E-state index is 6.56. The van der Waals surface area contributed by atoms with Crippen molar-refractivity contribution < 1.29 is 0 Å². The summed E-state index contributed by atoms with van der Waals surface area (Å²) in [6.07, 6.45) is 1.86. The highest BCUT2D eigenvalue weighted by atomic mass is 79.9. The monoisotopic (exact) mass is 326 g/mol. The Kier molecular flexibility index (Phi) is 3.32. The third-order valence-corrected chi connectivity index (χ3v) is 4.11. The summed E-state index contributed by atoms with van der Waals surface area (Å²) in [6.45, 7) is 2.01. The standard InChI is InChI=1S/C17H15BrN2/c1-17(19,13-6-4-7-15(18)10-13)14-9-12-5-2-3-8-16(12)20-11-14/h2-11H,19H2,1H3. The van der Waals surface area contributed by atoms with Gasteiger partial charge in [0.05, 0.1) is 11.1 Å². The lowest BCUT2D eigenvalue weighted by molar-refractivity contribution is 0.601. The molecule has 3 heteroatoms. The molecule has 100 valence electrons. The number of rotatable bonds is 2. The van der Waals surface area contributed by atoms with Crippen LogP contribution in [-0.2, 0) is 5.54 Å². The van der Waals surface area contributed by atoms with E-state index >= 15 is 0 Å². The number of para-hydroxylation sites is 1. The summed E-state index contributed by atoms with van der Waals surface area (Å²) in [5.41, 5.74) is 9.04. The number of aromatic nitrogens is 1. The predicted octanol–water partition coefficient (Wildman–Crippen LogP) is 4.22. The summed E-state index contributed by atoms with van der Waals surface area (Å²) in [7, 11) is 0. The Balaban J connectivity index is 2.13. The molecule has 0 bridgehead atoms. The van der Waals surface area contributed by atoms with Gasteiger partial charge in [-0.15, -0.1) is 0 Å². The Hall–Kier alpha value is -1.71. The maximum Gasteiger partial charge on any atom is 0.0702 e. The van der Waals surface area contributed by atoms with E-state index in [-0.39, 0.29) is 0 Å². The molecular weight excluding hydrogens is 312 g/mol. The van der Waals surface area contributed by atoms with Crippen molar-refractivity contribution in [1.82, 2.24) is 4.98 Å². The van der Waals surface area contributed by atoms with Crippen molar-refractivity contribution in [2.24, 2.45) is 5.73 Å². The zero-order valence-corrected chi connectivity index (χ0v) is 12.8. The fraction of sp³-hybridized carbons (Fsp3) is 0.118. The van der Waals surface area contributed by atoms with Crippen LogP contribution in [0.25, 0.3) is 10.9 Å². The van der Waals surface area contributed by atoms with Gasteiger partial charge in [-0.1, -0.05) is 46.3 Å². The van der Waals surface area contributed by atoms with Crippen LogP contribution in [0, 0.1) is 0 Å². The van der Waals surface area contributed by atoms with Crippen molar-refractivity contribution in [2.75, 3.05) is 0 Å². The van der Waals surface area contributed by atoms with Gasteiger partial charge < -0.3 is 5.73 Å². The smallest absolute Gasteiger partial charge is 0.0702 e. The topological polar surface area (TPSA) is 38.9 Å². The zero-order chi connectivity index (χ0) is 14.2. The molecule has 1 heterocycles. The molecule has 0 radical (unpaired) electrons. The first-order chi connectivity index (χ1) is 9.57. The van der Waals surface area contributed by atoms with Crippen molar-refractivity contribution in [3.63, 3.8) is 0 Å². The number of pyridine rings is 1. The van der Waals surface area contributed by atoms with Gasteiger partial charge in [0.15, 0.2) is 0 Å². The highest BCUT2D eigenvalue weighted by Crippen LogP contribution is 2.29. The Bertz CT molecular complexity index is 766. The molecule has 0 fully saturated rings. The summed E-state index contributed by atoms with van der Waals surface area (Å²) < 4.78 is 1.03. The second-order valence-corrected chi connectivity index (χ2v) is 6.05. The maximum absolute atomic E-state index is 6.56. The fourth-order valence-electron chi connectivity index (χ4n) is 2.33. The van der Waals surface area contributed by atoms with Gasteiger partial charge >= 0.3 is 0 Å². The van der Waals surface area contributed by atoms with Crippen LogP contribution >= 0.6 is 15.9 Å². The van der Waals surface area contributed by atoms with Crippen molar-refractivity contribution in [3.8, 4) is 0 Å². The number of hydrogen-bond donors (Lipinski definition) is 1. The van der Waals surface area contributed by atoms with Crippen LogP contribution in [0.2, 0.25) is 0 Å². The van der Waals surface area contributed by atoms with Crippen molar-refractivity contribution in [1.29, 1.82) is 0 Å². The van der Waals surface area contributed by atoms with E-state index in [4.69, 9.17) is 5.73 Å². The molecule has 3 rings (SSSR count). The molecule has 0 aliphatic carbocycles. The molecule has 0 amide bonds. The fourth-order valence-corrected chi connectivity index (χ4v) is 2.73. The molecular formula is C17H15BrN2. The molecule has 1 atom stereocenters. The van der Waals surface area contributed by atoms with Gasteiger partial charge in [0.2, 0.25) is 0 Å². The lowest BCUT2D eigenvalue weighted by atomic mass is 9.86. The molecule has 0 saturated heterocycles. The number of hydrogen-bond acceptors (Lipinski definition) is 2. The highest BCUT2D eigenvalue weighted by molar-refractivity contribution is 9.10. The molecule has 0 saturated carbocycles. The minimum atomic E-state index is -0.569. The van der Waals surface area contributed by atoms with E-state index in [2.05, 4.69) is 39.1 Å². The van der Waals surface area contributed by atoms with E-state index in [1.165, 1.54) is 0 Å². The summed E-state index contributed by atoms with van der Waals surface area (Å²) in [6, 6.07) is 18.3. The van der Waals surface area contributed by atoms with E-state index in [9.17, 15) is 0 Å². The van der Waals surface area contributed by atoms with E-state index in [0.717, 1.165) is 26.5 Å². The summed E-state index contributed by atoms with van der Waals surface area (Å²) in [5, 5.41) is 1.11. The van der Waals surface area contributed by atoms with Crippen LogP contribution in [-0.4, -0.2) is 4.98 Å². The Morgan fingerprint density at radius 3 is 2.60 bits per heavy atom. The lowest BCUT2D eigenvalue weighted by Crippen LogP contribution is -2.34.